The molecule has 1 aromatic rings. The Kier molecular flexibility index (Phi) is 5.41. The van der Waals surface area contributed by atoms with Gasteiger partial charge in [-0.1, -0.05) is 30.1 Å². The Morgan fingerprint density at radius 1 is 1.40 bits per heavy atom. The molecule has 1 aromatic carbocycles. The third-order valence-electron chi connectivity index (χ3n) is 3.38. The molecule has 0 saturated heterocycles. The molecule has 20 heavy (non-hydrogen) atoms. The molecule has 1 aliphatic carbocycles. The first-order valence-electron chi connectivity index (χ1n) is 6.52. The number of nitro benzene ring substituents is 1. The smallest absolute Gasteiger partial charge is 0.293 e. The van der Waals surface area contributed by atoms with Crippen LogP contribution < -0.4 is 5.32 Å². The molecule has 0 bridgehead atoms. The molecule has 7 heteroatoms. The van der Waals surface area contributed by atoms with Crippen LogP contribution in [0.1, 0.15) is 26.2 Å². The van der Waals surface area contributed by atoms with Gasteiger partial charge in [-0.2, -0.15) is 11.8 Å². The molecule has 0 heterocycles. The zero-order valence-electron chi connectivity index (χ0n) is 11.1. The second-order valence-corrected chi connectivity index (χ2v) is 7.16. The van der Waals surface area contributed by atoms with Crippen LogP contribution in [0.3, 0.4) is 0 Å². The van der Waals surface area contributed by atoms with Crippen LogP contribution in [0.5, 0.6) is 0 Å². The number of thioether (sulfide) groups is 1. The quantitative estimate of drug-likeness (QED) is 0.608. The van der Waals surface area contributed by atoms with Crippen molar-refractivity contribution in [1.82, 2.24) is 0 Å². The lowest BCUT2D eigenvalue weighted by molar-refractivity contribution is -0.384. The lowest BCUT2D eigenvalue weighted by Crippen LogP contribution is -2.17. The van der Waals surface area contributed by atoms with E-state index in [-0.39, 0.29) is 16.8 Å². The number of anilines is 1. The van der Waals surface area contributed by atoms with Gasteiger partial charge in [0.2, 0.25) is 0 Å². The van der Waals surface area contributed by atoms with E-state index < -0.39 is 4.92 Å². The number of halogens is 2. The summed E-state index contributed by atoms with van der Waals surface area (Å²) in [6.45, 7) is 2.15. The van der Waals surface area contributed by atoms with Crippen molar-refractivity contribution in [1.29, 1.82) is 0 Å². The second-order valence-electron chi connectivity index (χ2n) is 4.77. The van der Waals surface area contributed by atoms with Crippen LogP contribution in [0.2, 0.25) is 10.0 Å². The summed E-state index contributed by atoms with van der Waals surface area (Å²) in [5.41, 5.74) is 0.433. The molecule has 4 nitrogen and oxygen atoms in total. The summed E-state index contributed by atoms with van der Waals surface area (Å²) in [5, 5.41) is 15.5. The standard InChI is InChI=1S/C13H16Cl2N2O2S/c1-2-20-9-4-3-8(5-9)16-12-6-10(14)11(15)7-13(12)17(18)19/h6-9,16H,2-5H2,1H3. The van der Waals surface area contributed by atoms with Crippen molar-refractivity contribution in [2.75, 3.05) is 11.1 Å². The van der Waals surface area contributed by atoms with Gasteiger partial charge in [0.1, 0.15) is 5.69 Å². The van der Waals surface area contributed by atoms with Gasteiger partial charge in [-0.05, 0) is 31.1 Å². The van der Waals surface area contributed by atoms with Gasteiger partial charge >= 0.3 is 0 Å². The minimum atomic E-state index is -0.433. The Labute approximate surface area is 132 Å². The van der Waals surface area contributed by atoms with Gasteiger partial charge < -0.3 is 5.32 Å². The first-order chi connectivity index (χ1) is 9.51. The highest BCUT2D eigenvalue weighted by molar-refractivity contribution is 7.99. The fourth-order valence-corrected chi connectivity index (χ4v) is 3.95. The minimum Gasteiger partial charge on any atom is -0.377 e. The van der Waals surface area contributed by atoms with Gasteiger partial charge in [0, 0.05) is 17.4 Å². The maximum absolute atomic E-state index is 11.1. The van der Waals surface area contributed by atoms with Crippen LogP contribution in [0.4, 0.5) is 11.4 Å². The van der Waals surface area contributed by atoms with Crippen molar-refractivity contribution in [2.45, 2.75) is 37.5 Å². The lowest BCUT2D eigenvalue weighted by atomic mass is 10.2. The van der Waals surface area contributed by atoms with E-state index in [0.29, 0.717) is 16.0 Å². The molecule has 0 aromatic heterocycles. The Bertz CT molecular complexity index is 513. The zero-order valence-corrected chi connectivity index (χ0v) is 13.4. The Morgan fingerprint density at radius 3 is 2.75 bits per heavy atom. The van der Waals surface area contributed by atoms with E-state index in [2.05, 4.69) is 12.2 Å². The highest BCUT2D eigenvalue weighted by atomic mass is 35.5. The number of nitrogens with zero attached hydrogens (tertiary/aromatic N) is 1. The van der Waals surface area contributed by atoms with Crippen molar-refractivity contribution >= 4 is 46.3 Å². The van der Waals surface area contributed by atoms with Crippen LogP contribution >= 0.6 is 35.0 Å². The predicted octanol–water partition coefficient (Wildman–Crippen LogP) is 4.99. The van der Waals surface area contributed by atoms with Gasteiger partial charge in [-0.25, -0.2) is 0 Å². The molecule has 0 radical (unpaired) electrons. The molecule has 0 spiro atoms. The zero-order chi connectivity index (χ0) is 14.7. The summed E-state index contributed by atoms with van der Waals surface area (Å²) in [5.74, 6) is 1.10. The molecule has 110 valence electrons. The maximum Gasteiger partial charge on any atom is 0.293 e. The molecule has 0 amide bonds. The van der Waals surface area contributed by atoms with Gasteiger partial charge in [0.05, 0.1) is 15.0 Å². The molecule has 1 aliphatic rings. The molecule has 1 N–H and O–H groups in total. The second kappa shape index (κ2) is 6.87. The first kappa shape index (κ1) is 15.7. The molecule has 2 atom stereocenters. The number of benzene rings is 1. The van der Waals surface area contributed by atoms with Crippen LogP contribution in [0, 0.1) is 10.1 Å². The van der Waals surface area contributed by atoms with E-state index in [0.717, 1.165) is 25.0 Å². The number of nitro groups is 1. The normalized spacial score (nSPS) is 21.9. The van der Waals surface area contributed by atoms with Crippen LogP contribution in [0.15, 0.2) is 12.1 Å². The Hall–Kier alpha value is -0.650. The first-order valence-corrected chi connectivity index (χ1v) is 8.33. The summed E-state index contributed by atoms with van der Waals surface area (Å²) in [6, 6.07) is 3.11. The lowest BCUT2D eigenvalue weighted by Gasteiger charge is -2.15. The van der Waals surface area contributed by atoms with Crippen molar-refractivity contribution in [3.05, 3.63) is 32.3 Å². The van der Waals surface area contributed by atoms with E-state index in [4.69, 9.17) is 23.2 Å². The van der Waals surface area contributed by atoms with E-state index in [1.165, 1.54) is 6.07 Å². The van der Waals surface area contributed by atoms with Crippen LogP contribution in [-0.4, -0.2) is 22.0 Å². The van der Waals surface area contributed by atoms with Crippen LogP contribution in [0.25, 0.3) is 0 Å². The van der Waals surface area contributed by atoms with E-state index in [1.54, 1.807) is 6.07 Å². The average Bonchev–Trinajstić information content (AvgIpc) is 2.81. The monoisotopic (exact) mass is 334 g/mol. The molecule has 2 unspecified atom stereocenters. The summed E-state index contributed by atoms with van der Waals surface area (Å²) in [4.78, 5) is 10.7. The summed E-state index contributed by atoms with van der Waals surface area (Å²) in [6.07, 6.45) is 3.19. The third kappa shape index (κ3) is 3.71. The fraction of sp³-hybridized carbons (Fsp3) is 0.538. The fourth-order valence-electron chi connectivity index (χ4n) is 2.48. The average molecular weight is 335 g/mol. The Morgan fingerprint density at radius 2 is 2.10 bits per heavy atom. The van der Waals surface area contributed by atoms with Crippen molar-refractivity contribution < 1.29 is 4.92 Å². The van der Waals surface area contributed by atoms with Gasteiger partial charge in [-0.3, -0.25) is 10.1 Å². The molecular weight excluding hydrogens is 319 g/mol. The van der Waals surface area contributed by atoms with Crippen LogP contribution in [-0.2, 0) is 0 Å². The third-order valence-corrected chi connectivity index (χ3v) is 5.34. The number of rotatable bonds is 5. The maximum atomic E-state index is 11.1. The van der Waals surface area contributed by atoms with E-state index >= 15 is 0 Å². The molecule has 0 aliphatic heterocycles. The minimum absolute atomic E-state index is 0.0222. The van der Waals surface area contributed by atoms with Crippen molar-refractivity contribution in [2.24, 2.45) is 0 Å². The topological polar surface area (TPSA) is 55.2 Å². The molecule has 1 saturated carbocycles. The van der Waals surface area contributed by atoms with Crippen molar-refractivity contribution in [3.8, 4) is 0 Å². The summed E-state index contributed by atoms with van der Waals surface area (Å²) < 4.78 is 0. The molecular formula is C13H16Cl2N2O2S. The molecule has 1 fully saturated rings. The Balaban J connectivity index is 2.13. The van der Waals surface area contributed by atoms with Gasteiger partial charge in [0.25, 0.3) is 5.69 Å². The number of hydrogen-bond acceptors (Lipinski definition) is 4. The molecule has 2 rings (SSSR count). The highest BCUT2D eigenvalue weighted by Gasteiger charge is 2.27. The highest BCUT2D eigenvalue weighted by Crippen LogP contribution is 2.37. The van der Waals surface area contributed by atoms with Crippen molar-refractivity contribution in [3.63, 3.8) is 0 Å². The summed E-state index contributed by atoms with van der Waals surface area (Å²) >= 11 is 13.7. The number of nitrogens with one attached hydrogen (secondary N) is 1. The largest absolute Gasteiger partial charge is 0.377 e. The van der Waals surface area contributed by atoms with E-state index in [1.807, 2.05) is 11.8 Å². The number of hydrogen-bond donors (Lipinski definition) is 1. The van der Waals surface area contributed by atoms with Gasteiger partial charge in [0.15, 0.2) is 0 Å². The summed E-state index contributed by atoms with van der Waals surface area (Å²) in [7, 11) is 0. The van der Waals surface area contributed by atoms with Gasteiger partial charge in [-0.15, -0.1) is 0 Å². The van der Waals surface area contributed by atoms with E-state index in [9.17, 15) is 10.1 Å². The SMILES string of the molecule is CCSC1CCC(Nc2cc(Cl)c(Cl)cc2[N+](=O)[O-])C1. The predicted molar refractivity (Wildman–Crippen MR) is 86.3 cm³/mol.